The molecule has 1 aliphatic carbocycles. The number of carbonyl (C=O) groups excluding carboxylic acids is 1. The van der Waals surface area contributed by atoms with Crippen molar-refractivity contribution < 1.29 is 38.0 Å². The van der Waals surface area contributed by atoms with Gasteiger partial charge in [-0.25, -0.2) is 0 Å². The molecule has 0 saturated heterocycles. The van der Waals surface area contributed by atoms with E-state index in [1.807, 2.05) is 12.1 Å². The molecule has 1 heterocycles. The monoisotopic (exact) mass is 535 g/mol. The maximum Gasteiger partial charge on any atom is 0.204 e. The highest BCUT2D eigenvalue weighted by molar-refractivity contribution is 5.87. The largest absolute Gasteiger partial charge is 0.493 e. The van der Waals surface area contributed by atoms with E-state index in [1.165, 1.54) is 19.8 Å². The van der Waals surface area contributed by atoms with E-state index in [0.717, 1.165) is 53.7 Å². The minimum Gasteiger partial charge on any atom is -0.493 e. The van der Waals surface area contributed by atoms with E-state index in [1.54, 1.807) is 40.6 Å². The van der Waals surface area contributed by atoms with Crippen molar-refractivity contribution in [2.24, 2.45) is 0 Å². The molecule has 1 unspecified atom stereocenters. The summed E-state index contributed by atoms with van der Waals surface area (Å²) in [5.74, 6) is 4.12. The van der Waals surface area contributed by atoms with Crippen molar-refractivity contribution in [2.75, 3.05) is 56.3 Å². The van der Waals surface area contributed by atoms with Crippen molar-refractivity contribution in [3.05, 3.63) is 46.5 Å². The Hall–Kier alpha value is -4.11. The molecule has 206 valence electrons. The Morgan fingerprint density at radius 3 is 2.00 bits per heavy atom. The number of methoxy groups -OCH3 is 6. The standard InChI is InChI=1S/C30H33NO8/c1-31-9-8-18-26-20(31)10-16-11-25(39-21-14-24(35-4)22(33-2)12-17(21)15-32)23(34-3)13-19(16)27(26)29(37-6)30(38-7)28(18)36-5/h11-15,20H,8-10H2,1-7H3. The van der Waals surface area contributed by atoms with Crippen molar-refractivity contribution in [3.63, 3.8) is 0 Å². The summed E-state index contributed by atoms with van der Waals surface area (Å²) in [5.41, 5.74) is 5.65. The minimum atomic E-state index is 0.109. The fourth-order valence-electron chi connectivity index (χ4n) is 5.78. The normalized spacial score (nSPS) is 15.5. The lowest BCUT2D eigenvalue weighted by molar-refractivity contribution is 0.112. The molecule has 3 aromatic rings. The minimum absolute atomic E-state index is 0.109. The lowest BCUT2D eigenvalue weighted by atomic mass is 9.76. The van der Waals surface area contributed by atoms with Crippen LogP contribution in [0.25, 0.3) is 11.1 Å². The number of hydrogen-bond donors (Lipinski definition) is 0. The summed E-state index contributed by atoms with van der Waals surface area (Å²) in [7, 11) is 11.7. The van der Waals surface area contributed by atoms with Gasteiger partial charge in [0.1, 0.15) is 5.75 Å². The van der Waals surface area contributed by atoms with E-state index < -0.39 is 0 Å². The average Bonchev–Trinajstić information content (AvgIpc) is 2.97. The van der Waals surface area contributed by atoms with Crippen LogP contribution >= 0.6 is 0 Å². The molecule has 0 saturated carbocycles. The lowest BCUT2D eigenvalue weighted by Gasteiger charge is -2.41. The van der Waals surface area contributed by atoms with Crippen LogP contribution in [0.5, 0.6) is 46.0 Å². The van der Waals surface area contributed by atoms with Crippen LogP contribution in [-0.2, 0) is 12.8 Å². The third-order valence-electron chi connectivity index (χ3n) is 7.64. The van der Waals surface area contributed by atoms with Gasteiger partial charge in [0, 0.05) is 29.8 Å². The first-order valence-corrected chi connectivity index (χ1v) is 12.6. The molecule has 0 fully saturated rings. The predicted molar refractivity (Wildman–Crippen MR) is 146 cm³/mol. The number of benzene rings is 3. The van der Waals surface area contributed by atoms with Crippen LogP contribution in [0.2, 0.25) is 0 Å². The zero-order valence-corrected chi connectivity index (χ0v) is 23.3. The van der Waals surface area contributed by atoms with E-state index in [-0.39, 0.29) is 6.04 Å². The molecule has 9 heteroatoms. The zero-order valence-electron chi connectivity index (χ0n) is 23.3. The van der Waals surface area contributed by atoms with Crippen molar-refractivity contribution in [1.82, 2.24) is 4.90 Å². The number of likely N-dealkylation sites (N-methyl/N-ethyl adjacent to an activating group) is 1. The number of ether oxygens (including phenoxy) is 7. The van der Waals surface area contributed by atoms with Gasteiger partial charge in [0.25, 0.3) is 0 Å². The van der Waals surface area contributed by atoms with Crippen LogP contribution in [-0.4, -0.2) is 67.4 Å². The van der Waals surface area contributed by atoms with Crippen LogP contribution < -0.4 is 33.2 Å². The number of fused-ring (bicyclic) bond motifs is 2. The Labute approximate surface area is 228 Å². The lowest BCUT2D eigenvalue weighted by Crippen LogP contribution is -2.36. The molecular weight excluding hydrogens is 502 g/mol. The smallest absolute Gasteiger partial charge is 0.204 e. The number of carbonyl (C=O) groups is 1. The van der Waals surface area contributed by atoms with Gasteiger partial charge < -0.3 is 33.2 Å². The van der Waals surface area contributed by atoms with Crippen molar-refractivity contribution in [3.8, 4) is 57.1 Å². The molecule has 9 nitrogen and oxygen atoms in total. The van der Waals surface area contributed by atoms with Gasteiger partial charge in [0.15, 0.2) is 40.8 Å². The van der Waals surface area contributed by atoms with Crippen LogP contribution in [0.15, 0.2) is 24.3 Å². The molecule has 0 bridgehead atoms. The maximum atomic E-state index is 11.9. The Bertz CT molecular complexity index is 1430. The third kappa shape index (κ3) is 4.17. The topological polar surface area (TPSA) is 84.9 Å². The van der Waals surface area contributed by atoms with E-state index in [0.29, 0.717) is 45.8 Å². The fourth-order valence-corrected chi connectivity index (χ4v) is 5.78. The van der Waals surface area contributed by atoms with Gasteiger partial charge in [-0.05, 0) is 54.8 Å². The fraction of sp³-hybridized carbons (Fsp3) is 0.367. The number of aldehydes is 1. The molecule has 1 aliphatic heterocycles. The second-order valence-electron chi connectivity index (χ2n) is 9.44. The number of nitrogens with zero attached hydrogens (tertiary/aromatic N) is 1. The van der Waals surface area contributed by atoms with Gasteiger partial charge in [0.05, 0.1) is 48.2 Å². The van der Waals surface area contributed by atoms with Crippen LogP contribution in [0, 0.1) is 0 Å². The molecule has 0 radical (unpaired) electrons. The summed E-state index contributed by atoms with van der Waals surface area (Å²) in [4.78, 5) is 14.3. The van der Waals surface area contributed by atoms with Gasteiger partial charge in [-0.3, -0.25) is 9.69 Å². The highest BCUT2D eigenvalue weighted by Crippen LogP contribution is 2.58. The van der Waals surface area contributed by atoms with Crippen molar-refractivity contribution >= 4 is 6.29 Å². The molecule has 2 aliphatic rings. The van der Waals surface area contributed by atoms with Gasteiger partial charge in [0.2, 0.25) is 5.75 Å². The Kier molecular flexibility index (Phi) is 7.18. The molecular formula is C30H33NO8. The van der Waals surface area contributed by atoms with Gasteiger partial charge in [-0.2, -0.15) is 0 Å². The first-order chi connectivity index (χ1) is 18.9. The van der Waals surface area contributed by atoms with Gasteiger partial charge in [-0.1, -0.05) is 0 Å². The number of hydrogen-bond acceptors (Lipinski definition) is 9. The highest BCUT2D eigenvalue weighted by atomic mass is 16.5. The van der Waals surface area contributed by atoms with E-state index in [4.69, 9.17) is 33.2 Å². The summed E-state index contributed by atoms with van der Waals surface area (Å²) in [6.07, 6.45) is 2.30. The summed E-state index contributed by atoms with van der Waals surface area (Å²) in [5, 5.41) is 0. The van der Waals surface area contributed by atoms with Gasteiger partial charge in [-0.15, -0.1) is 0 Å². The average molecular weight is 536 g/mol. The SMILES string of the molecule is COc1cc(C=O)c(Oc2cc3c(cc2OC)-c2c(OC)c(OC)c(OC)c4c2C(C3)N(C)CC4)cc1OC. The molecule has 0 aromatic heterocycles. The Morgan fingerprint density at radius 2 is 1.38 bits per heavy atom. The van der Waals surface area contributed by atoms with E-state index >= 15 is 0 Å². The molecule has 3 aromatic carbocycles. The highest BCUT2D eigenvalue weighted by Gasteiger charge is 2.39. The second kappa shape index (κ2) is 10.6. The first-order valence-electron chi connectivity index (χ1n) is 12.6. The van der Waals surface area contributed by atoms with Crippen molar-refractivity contribution in [2.45, 2.75) is 18.9 Å². The molecule has 5 rings (SSSR count). The molecule has 0 amide bonds. The van der Waals surface area contributed by atoms with Crippen molar-refractivity contribution in [1.29, 1.82) is 0 Å². The van der Waals surface area contributed by atoms with E-state index in [2.05, 4.69) is 11.9 Å². The summed E-state index contributed by atoms with van der Waals surface area (Å²) in [6, 6.07) is 7.27. The molecule has 0 N–H and O–H groups in total. The Balaban J connectivity index is 1.72. The third-order valence-corrected chi connectivity index (χ3v) is 7.64. The molecule has 39 heavy (non-hydrogen) atoms. The summed E-state index contributed by atoms with van der Waals surface area (Å²) >= 11 is 0. The van der Waals surface area contributed by atoms with Crippen LogP contribution in [0.1, 0.15) is 33.1 Å². The first kappa shape index (κ1) is 26.5. The second-order valence-corrected chi connectivity index (χ2v) is 9.44. The molecule has 0 spiro atoms. The van der Waals surface area contributed by atoms with Crippen LogP contribution in [0.4, 0.5) is 0 Å². The summed E-state index contributed by atoms with van der Waals surface area (Å²) in [6.45, 7) is 0.881. The van der Waals surface area contributed by atoms with Crippen LogP contribution in [0.3, 0.4) is 0 Å². The predicted octanol–water partition coefficient (Wildman–Crippen LogP) is 5.10. The van der Waals surface area contributed by atoms with Gasteiger partial charge >= 0.3 is 0 Å². The number of rotatable bonds is 9. The molecule has 1 atom stereocenters. The van der Waals surface area contributed by atoms with E-state index in [9.17, 15) is 4.79 Å². The summed E-state index contributed by atoms with van der Waals surface area (Å²) < 4.78 is 40.5. The zero-order chi connectivity index (χ0) is 27.8. The quantitative estimate of drug-likeness (QED) is 0.348. The Morgan fingerprint density at radius 1 is 0.744 bits per heavy atom. The maximum absolute atomic E-state index is 11.9.